The monoisotopic (exact) mass is 287 g/mol. The molecule has 0 fully saturated rings. The van der Waals surface area contributed by atoms with Crippen molar-refractivity contribution in [1.82, 2.24) is 0 Å². The molecule has 0 saturated carbocycles. The van der Waals surface area contributed by atoms with Gasteiger partial charge in [-0.2, -0.15) is 5.26 Å². The molecule has 2 rings (SSSR count). The number of nitrogens with zero attached hydrogens (tertiary/aromatic N) is 1. The third-order valence-electron chi connectivity index (χ3n) is 2.80. The quantitative estimate of drug-likeness (QED) is 0.908. The molecule has 0 bridgehead atoms. The van der Waals surface area contributed by atoms with Gasteiger partial charge in [0.05, 0.1) is 18.7 Å². The number of carboxylic acid groups (broad SMARTS) is 1. The number of hydrogen-bond acceptors (Lipinski definition) is 5. The van der Waals surface area contributed by atoms with Crippen LogP contribution < -0.4 is 9.47 Å². The fraction of sp³-hybridized carbons (Fsp3) is 0.200. The molecule has 6 nitrogen and oxygen atoms in total. The standard InChI is InChI=1S/C15H13NO5/c1-9(13-3-4-14(21-13)15(17)18)20-12-6-10(8-16)5-11(7-12)19-2/h3-7,9H,1-2H3,(H,17,18). The molecule has 108 valence electrons. The Morgan fingerprint density at radius 2 is 2.05 bits per heavy atom. The molecular weight excluding hydrogens is 274 g/mol. The van der Waals surface area contributed by atoms with Crippen molar-refractivity contribution in [3.8, 4) is 17.6 Å². The first kappa shape index (κ1) is 14.5. The van der Waals surface area contributed by atoms with E-state index in [0.717, 1.165) is 0 Å². The molecule has 0 saturated heterocycles. The van der Waals surface area contributed by atoms with Crippen molar-refractivity contribution in [1.29, 1.82) is 5.26 Å². The summed E-state index contributed by atoms with van der Waals surface area (Å²) in [6.07, 6.45) is -0.503. The highest BCUT2D eigenvalue weighted by molar-refractivity contribution is 5.84. The molecular formula is C15H13NO5. The average Bonchev–Trinajstić information content (AvgIpc) is 2.97. The molecule has 0 amide bonds. The summed E-state index contributed by atoms with van der Waals surface area (Å²) in [4.78, 5) is 10.8. The smallest absolute Gasteiger partial charge is 0.371 e. The molecule has 0 aliphatic rings. The van der Waals surface area contributed by atoms with Crippen LogP contribution in [0.1, 0.15) is 34.9 Å². The lowest BCUT2D eigenvalue weighted by atomic mass is 10.2. The second-order valence-electron chi connectivity index (χ2n) is 4.28. The molecule has 1 heterocycles. The Balaban J connectivity index is 2.20. The van der Waals surface area contributed by atoms with Crippen molar-refractivity contribution in [2.45, 2.75) is 13.0 Å². The molecule has 0 radical (unpaired) electrons. The molecule has 1 aromatic heterocycles. The molecule has 0 spiro atoms. The van der Waals surface area contributed by atoms with Gasteiger partial charge >= 0.3 is 5.97 Å². The van der Waals surface area contributed by atoms with E-state index in [1.807, 2.05) is 6.07 Å². The lowest BCUT2D eigenvalue weighted by molar-refractivity contribution is 0.0655. The van der Waals surface area contributed by atoms with Crippen LogP contribution in [-0.4, -0.2) is 18.2 Å². The van der Waals surface area contributed by atoms with Crippen LogP contribution >= 0.6 is 0 Å². The number of furan rings is 1. The zero-order chi connectivity index (χ0) is 15.4. The van der Waals surface area contributed by atoms with E-state index in [2.05, 4.69) is 0 Å². The second kappa shape index (κ2) is 6.01. The summed E-state index contributed by atoms with van der Waals surface area (Å²) in [5, 5.41) is 17.8. The number of hydrogen-bond donors (Lipinski definition) is 1. The van der Waals surface area contributed by atoms with Gasteiger partial charge in [-0.05, 0) is 31.2 Å². The Bertz CT molecular complexity index is 698. The maximum atomic E-state index is 10.8. The van der Waals surface area contributed by atoms with E-state index in [4.69, 9.17) is 24.3 Å². The minimum absolute atomic E-state index is 0.149. The number of rotatable bonds is 5. The van der Waals surface area contributed by atoms with Gasteiger partial charge in [-0.15, -0.1) is 0 Å². The number of ether oxygens (including phenoxy) is 2. The van der Waals surface area contributed by atoms with Crippen LogP contribution in [0.2, 0.25) is 0 Å². The summed E-state index contributed by atoms with van der Waals surface area (Å²) in [5.41, 5.74) is 0.405. The van der Waals surface area contributed by atoms with E-state index in [0.29, 0.717) is 22.8 Å². The summed E-state index contributed by atoms with van der Waals surface area (Å²) < 4.78 is 15.9. The van der Waals surface area contributed by atoms with Crippen LogP contribution in [0.25, 0.3) is 0 Å². The highest BCUT2D eigenvalue weighted by Crippen LogP contribution is 2.27. The Labute approximate surface area is 121 Å². The van der Waals surface area contributed by atoms with Gasteiger partial charge in [-0.1, -0.05) is 0 Å². The molecule has 1 atom stereocenters. The van der Waals surface area contributed by atoms with Gasteiger partial charge < -0.3 is 19.0 Å². The van der Waals surface area contributed by atoms with Crippen LogP contribution in [0.15, 0.2) is 34.7 Å². The van der Waals surface area contributed by atoms with Crippen molar-refractivity contribution in [2.24, 2.45) is 0 Å². The van der Waals surface area contributed by atoms with Crippen LogP contribution in [0.3, 0.4) is 0 Å². The molecule has 2 aromatic rings. The average molecular weight is 287 g/mol. The lowest BCUT2D eigenvalue weighted by Gasteiger charge is -2.13. The van der Waals surface area contributed by atoms with Gasteiger partial charge in [-0.25, -0.2) is 4.79 Å². The largest absolute Gasteiger partial charge is 0.497 e. The highest BCUT2D eigenvalue weighted by atomic mass is 16.5. The first-order valence-corrected chi connectivity index (χ1v) is 6.12. The number of aromatic carboxylic acids is 1. The molecule has 1 N–H and O–H groups in total. The molecule has 1 aromatic carbocycles. The Hall–Kier alpha value is -2.94. The van der Waals surface area contributed by atoms with E-state index >= 15 is 0 Å². The van der Waals surface area contributed by atoms with Crippen LogP contribution in [0.5, 0.6) is 11.5 Å². The van der Waals surface area contributed by atoms with Crippen molar-refractivity contribution < 1.29 is 23.8 Å². The molecule has 6 heteroatoms. The van der Waals surface area contributed by atoms with Gasteiger partial charge in [-0.3, -0.25) is 0 Å². The topological polar surface area (TPSA) is 92.7 Å². The maximum absolute atomic E-state index is 10.8. The lowest BCUT2D eigenvalue weighted by Crippen LogP contribution is -2.02. The normalized spacial score (nSPS) is 11.5. The maximum Gasteiger partial charge on any atom is 0.371 e. The fourth-order valence-electron chi connectivity index (χ4n) is 1.77. The number of nitriles is 1. The van der Waals surface area contributed by atoms with E-state index in [1.165, 1.54) is 13.2 Å². The molecule has 1 unspecified atom stereocenters. The summed E-state index contributed by atoms with van der Waals surface area (Å²) in [7, 11) is 1.50. The van der Waals surface area contributed by atoms with Crippen molar-refractivity contribution in [2.75, 3.05) is 7.11 Å². The number of methoxy groups -OCH3 is 1. The number of benzene rings is 1. The summed E-state index contributed by atoms with van der Waals surface area (Å²) in [5.74, 6) is 0.0349. The summed E-state index contributed by atoms with van der Waals surface area (Å²) >= 11 is 0. The van der Waals surface area contributed by atoms with E-state index in [1.54, 1.807) is 31.2 Å². The molecule has 0 aliphatic heterocycles. The zero-order valence-electron chi connectivity index (χ0n) is 11.5. The van der Waals surface area contributed by atoms with E-state index < -0.39 is 12.1 Å². The van der Waals surface area contributed by atoms with Gasteiger partial charge in [0.25, 0.3) is 0 Å². The van der Waals surface area contributed by atoms with Crippen molar-refractivity contribution >= 4 is 5.97 Å². The van der Waals surface area contributed by atoms with Crippen molar-refractivity contribution in [3.05, 3.63) is 47.4 Å². The summed E-state index contributed by atoms with van der Waals surface area (Å²) in [6.45, 7) is 1.72. The minimum Gasteiger partial charge on any atom is -0.497 e. The third-order valence-corrected chi connectivity index (χ3v) is 2.80. The number of carbonyl (C=O) groups is 1. The Morgan fingerprint density at radius 3 is 2.62 bits per heavy atom. The van der Waals surface area contributed by atoms with Crippen molar-refractivity contribution in [3.63, 3.8) is 0 Å². The highest BCUT2D eigenvalue weighted by Gasteiger charge is 2.16. The van der Waals surface area contributed by atoms with E-state index in [9.17, 15) is 4.79 Å². The van der Waals surface area contributed by atoms with Crippen LogP contribution in [0.4, 0.5) is 0 Å². The Morgan fingerprint density at radius 1 is 1.33 bits per heavy atom. The SMILES string of the molecule is COc1cc(C#N)cc(OC(C)c2ccc(C(=O)O)o2)c1. The Kier molecular flexibility index (Phi) is 4.14. The molecule has 21 heavy (non-hydrogen) atoms. The summed E-state index contributed by atoms with van der Waals surface area (Å²) in [6, 6.07) is 9.72. The predicted molar refractivity (Wildman–Crippen MR) is 72.4 cm³/mol. The minimum atomic E-state index is -1.14. The van der Waals surface area contributed by atoms with Crippen LogP contribution in [0, 0.1) is 11.3 Å². The second-order valence-corrected chi connectivity index (χ2v) is 4.28. The van der Waals surface area contributed by atoms with Gasteiger partial charge in [0.1, 0.15) is 17.3 Å². The zero-order valence-corrected chi connectivity index (χ0v) is 11.5. The molecule has 0 aliphatic carbocycles. The van der Waals surface area contributed by atoms with E-state index in [-0.39, 0.29) is 5.76 Å². The predicted octanol–water partition coefficient (Wildman–Crippen LogP) is 3.00. The third kappa shape index (κ3) is 3.34. The van der Waals surface area contributed by atoms with Gasteiger partial charge in [0.15, 0.2) is 6.10 Å². The van der Waals surface area contributed by atoms with Gasteiger partial charge in [0.2, 0.25) is 5.76 Å². The first-order chi connectivity index (χ1) is 10.0. The van der Waals surface area contributed by atoms with Gasteiger partial charge in [0, 0.05) is 6.07 Å². The first-order valence-electron chi connectivity index (χ1n) is 6.12. The number of carboxylic acids is 1. The van der Waals surface area contributed by atoms with Crippen LogP contribution in [-0.2, 0) is 0 Å². The fourth-order valence-corrected chi connectivity index (χ4v) is 1.77.